The summed E-state index contributed by atoms with van der Waals surface area (Å²) >= 11 is 6.57. The molecule has 0 bridgehead atoms. The predicted octanol–water partition coefficient (Wildman–Crippen LogP) is 6.03. The Kier molecular flexibility index (Phi) is 6.95. The lowest BCUT2D eigenvalue weighted by atomic mass is 10.0. The number of alkyl halides is 3. The number of imidazole rings is 1. The smallest absolute Gasteiger partial charge is 0.434 e. The van der Waals surface area contributed by atoms with Crippen molar-refractivity contribution < 1.29 is 22.6 Å². The van der Waals surface area contributed by atoms with Crippen molar-refractivity contribution in [2.24, 2.45) is 7.05 Å². The van der Waals surface area contributed by atoms with E-state index in [1.54, 1.807) is 18.3 Å². The lowest BCUT2D eigenvalue weighted by molar-refractivity contribution is -0.140. The van der Waals surface area contributed by atoms with E-state index < -0.39 is 11.9 Å². The summed E-state index contributed by atoms with van der Waals surface area (Å²) in [6, 6.07) is 5.16. The Bertz CT molecular complexity index is 1490. The summed E-state index contributed by atoms with van der Waals surface area (Å²) in [6.07, 6.45) is 2.08. The molecule has 0 atom stereocenters. The number of hydrogen-bond acceptors (Lipinski definition) is 7. The summed E-state index contributed by atoms with van der Waals surface area (Å²) in [5, 5.41) is 0.286. The Labute approximate surface area is 221 Å². The Morgan fingerprint density at radius 1 is 1.11 bits per heavy atom. The number of nitrogens with zero attached hydrogens (tertiary/aromatic N) is 6. The topological polar surface area (TPSA) is 87.8 Å². The molecule has 3 heterocycles. The molecule has 0 saturated heterocycles. The molecule has 5 rings (SSSR count). The summed E-state index contributed by atoms with van der Waals surface area (Å²) < 4.78 is 52.3. The van der Waals surface area contributed by atoms with Gasteiger partial charge in [-0.3, -0.25) is 0 Å². The molecule has 4 aromatic rings. The van der Waals surface area contributed by atoms with Crippen LogP contribution in [0.5, 0.6) is 11.8 Å². The van der Waals surface area contributed by atoms with Crippen LogP contribution in [0.1, 0.15) is 48.2 Å². The molecule has 0 N–H and O–H groups in total. The molecule has 38 heavy (non-hydrogen) atoms. The number of ether oxygens (including phenoxy) is 2. The molecule has 1 saturated carbocycles. The minimum absolute atomic E-state index is 0.135. The summed E-state index contributed by atoms with van der Waals surface area (Å²) in [5.74, 6) is 1.61. The first-order chi connectivity index (χ1) is 18.2. The van der Waals surface area contributed by atoms with E-state index in [9.17, 15) is 13.2 Å². The van der Waals surface area contributed by atoms with Gasteiger partial charge in [0.1, 0.15) is 24.3 Å². The second-order valence-corrected chi connectivity index (χ2v) is 9.36. The number of rotatable bonds is 8. The fraction of sp³-hybridized carbons (Fsp3) is 0.346. The van der Waals surface area contributed by atoms with Crippen molar-refractivity contribution in [3.8, 4) is 34.5 Å². The van der Waals surface area contributed by atoms with Crippen LogP contribution in [0.4, 0.5) is 13.2 Å². The van der Waals surface area contributed by atoms with Crippen LogP contribution >= 0.6 is 11.6 Å². The zero-order valence-electron chi connectivity index (χ0n) is 20.9. The van der Waals surface area contributed by atoms with Crippen LogP contribution in [0, 0.1) is 0 Å². The van der Waals surface area contributed by atoms with E-state index in [0.717, 1.165) is 35.9 Å². The van der Waals surface area contributed by atoms with Gasteiger partial charge in [-0.05, 0) is 36.5 Å². The highest BCUT2D eigenvalue weighted by Crippen LogP contribution is 2.45. The maximum atomic E-state index is 13.2. The first kappa shape index (κ1) is 25.9. The largest absolute Gasteiger partial charge is 0.480 e. The highest BCUT2D eigenvalue weighted by Gasteiger charge is 2.35. The number of hydrogen-bond donors (Lipinski definition) is 0. The van der Waals surface area contributed by atoms with Crippen molar-refractivity contribution in [2.75, 3.05) is 7.11 Å². The van der Waals surface area contributed by atoms with E-state index in [2.05, 4.69) is 24.9 Å². The van der Waals surface area contributed by atoms with Gasteiger partial charge in [-0.1, -0.05) is 24.6 Å². The minimum atomic E-state index is -4.55. The molecule has 8 nitrogen and oxygen atoms in total. The SMILES string of the molecule is CCc1cc(COc2ccnc(-c3c(OC)ncnc3C3CC3)n2)cc(Cl)c1-c1nc(C(F)(F)F)cn1C. The average Bonchev–Trinajstić information content (AvgIpc) is 3.67. The van der Waals surface area contributed by atoms with E-state index in [0.29, 0.717) is 41.1 Å². The van der Waals surface area contributed by atoms with Crippen LogP contribution < -0.4 is 9.47 Å². The quantitative estimate of drug-likeness (QED) is 0.267. The number of benzene rings is 1. The maximum absolute atomic E-state index is 13.2. The predicted molar refractivity (Wildman–Crippen MR) is 134 cm³/mol. The zero-order valence-corrected chi connectivity index (χ0v) is 21.6. The Hall–Kier alpha value is -3.73. The highest BCUT2D eigenvalue weighted by atomic mass is 35.5. The van der Waals surface area contributed by atoms with E-state index in [1.807, 2.05) is 13.0 Å². The van der Waals surface area contributed by atoms with Gasteiger partial charge < -0.3 is 14.0 Å². The monoisotopic (exact) mass is 544 g/mol. The van der Waals surface area contributed by atoms with Gasteiger partial charge in [-0.2, -0.15) is 18.2 Å². The van der Waals surface area contributed by atoms with Gasteiger partial charge in [-0.15, -0.1) is 0 Å². The summed E-state index contributed by atoms with van der Waals surface area (Å²) in [7, 11) is 3.05. The Morgan fingerprint density at radius 3 is 2.55 bits per heavy atom. The van der Waals surface area contributed by atoms with Gasteiger partial charge in [-0.25, -0.2) is 19.9 Å². The van der Waals surface area contributed by atoms with E-state index in [1.165, 1.54) is 25.1 Å². The molecule has 198 valence electrons. The van der Waals surface area contributed by atoms with Gasteiger partial charge in [0, 0.05) is 37.0 Å². The van der Waals surface area contributed by atoms with E-state index in [4.69, 9.17) is 21.1 Å². The third-order valence-electron chi connectivity index (χ3n) is 6.24. The molecule has 0 radical (unpaired) electrons. The minimum Gasteiger partial charge on any atom is -0.480 e. The van der Waals surface area contributed by atoms with Crippen LogP contribution in [0.15, 0.2) is 36.9 Å². The molecule has 1 fully saturated rings. The van der Waals surface area contributed by atoms with Crippen molar-refractivity contribution >= 4 is 11.6 Å². The first-order valence-corrected chi connectivity index (χ1v) is 12.3. The Balaban J connectivity index is 1.41. The van der Waals surface area contributed by atoms with Gasteiger partial charge in [0.05, 0.1) is 17.8 Å². The van der Waals surface area contributed by atoms with Gasteiger partial charge in [0.2, 0.25) is 11.8 Å². The molecule has 1 aliphatic rings. The van der Waals surface area contributed by atoms with Gasteiger partial charge >= 0.3 is 6.18 Å². The molecular formula is C26H24ClF3N6O2. The van der Waals surface area contributed by atoms with Crippen molar-refractivity contribution in [1.82, 2.24) is 29.5 Å². The third kappa shape index (κ3) is 5.15. The second-order valence-electron chi connectivity index (χ2n) is 8.95. The van der Waals surface area contributed by atoms with E-state index >= 15 is 0 Å². The summed E-state index contributed by atoms with van der Waals surface area (Å²) in [6.45, 7) is 2.03. The van der Waals surface area contributed by atoms with Gasteiger partial charge in [0.15, 0.2) is 11.5 Å². The molecule has 12 heteroatoms. The fourth-order valence-corrected chi connectivity index (χ4v) is 4.63. The molecular weight excluding hydrogens is 521 g/mol. The maximum Gasteiger partial charge on any atom is 0.434 e. The molecule has 0 amide bonds. The molecule has 1 aliphatic carbocycles. The average molecular weight is 545 g/mol. The van der Waals surface area contributed by atoms with Crippen molar-refractivity contribution in [2.45, 2.75) is 44.9 Å². The third-order valence-corrected chi connectivity index (χ3v) is 6.54. The zero-order chi connectivity index (χ0) is 27.0. The number of aryl methyl sites for hydroxylation is 2. The van der Waals surface area contributed by atoms with Crippen LogP contribution in [0.25, 0.3) is 22.8 Å². The highest BCUT2D eigenvalue weighted by molar-refractivity contribution is 6.33. The van der Waals surface area contributed by atoms with E-state index in [-0.39, 0.29) is 17.5 Å². The van der Waals surface area contributed by atoms with Crippen LogP contribution in [0.3, 0.4) is 0 Å². The van der Waals surface area contributed by atoms with Crippen LogP contribution in [-0.4, -0.2) is 36.6 Å². The fourth-order valence-electron chi connectivity index (χ4n) is 4.29. The lowest BCUT2D eigenvalue weighted by Crippen LogP contribution is -2.05. The Morgan fingerprint density at radius 2 is 1.89 bits per heavy atom. The van der Waals surface area contributed by atoms with Crippen LogP contribution in [0.2, 0.25) is 5.02 Å². The molecule has 3 aromatic heterocycles. The summed E-state index contributed by atoms with van der Waals surface area (Å²) in [5.41, 5.74) is 2.49. The van der Waals surface area contributed by atoms with Gasteiger partial charge in [0.25, 0.3) is 0 Å². The molecule has 1 aromatic carbocycles. The number of aromatic nitrogens is 6. The van der Waals surface area contributed by atoms with Crippen molar-refractivity contribution in [3.05, 3.63) is 64.5 Å². The molecule has 0 unspecified atom stereocenters. The van der Waals surface area contributed by atoms with Crippen molar-refractivity contribution in [1.29, 1.82) is 0 Å². The van der Waals surface area contributed by atoms with Crippen LogP contribution in [-0.2, 0) is 26.3 Å². The first-order valence-electron chi connectivity index (χ1n) is 12.0. The van der Waals surface area contributed by atoms with Crippen molar-refractivity contribution in [3.63, 3.8) is 0 Å². The standard InChI is InChI=1S/C26H24ClF3N6O2/c1-4-15-9-14(10-17(27)20(15)24-34-18(11-36(24)2)26(28,29)30)12-38-19-7-8-31-23(35-19)21-22(16-5-6-16)32-13-33-25(21)37-3/h7-11,13,16H,4-6,12H2,1-3H3. The molecule has 0 spiro atoms. The number of methoxy groups -OCH3 is 1. The number of halogens is 4. The normalized spacial score (nSPS) is 13.6. The summed E-state index contributed by atoms with van der Waals surface area (Å²) in [4.78, 5) is 21.4. The molecule has 0 aliphatic heterocycles. The second kappa shape index (κ2) is 10.2. The lowest BCUT2D eigenvalue weighted by Gasteiger charge is -2.14.